The number of nitrogens with one attached hydrogen (secondary N) is 1. The number of piperidine rings is 1. The zero-order valence-corrected chi connectivity index (χ0v) is 17.7. The molecule has 5 rings (SSSR count). The lowest BCUT2D eigenvalue weighted by Gasteiger charge is -2.25. The van der Waals surface area contributed by atoms with Crippen LogP contribution in [0.5, 0.6) is 0 Å². The van der Waals surface area contributed by atoms with Crippen LogP contribution in [0.2, 0.25) is 5.02 Å². The van der Waals surface area contributed by atoms with E-state index in [4.69, 9.17) is 16.7 Å². The minimum atomic E-state index is -0.364. The number of hydrogen-bond donors (Lipinski definition) is 1. The monoisotopic (exact) mass is 436 g/mol. The number of likely N-dealkylation sites (tertiary alicyclic amines) is 1. The van der Waals surface area contributed by atoms with Crippen molar-refractivity contribution in [1.29, 1.82) is 0 Å². The predicted octanol–water partition coefficient (Wildman–Crippen LogP) is 5.47. The van der Waals surface area contributed by atoms with Crippen LogP contribution in [0.4, 0.5) is 15.8 Å². The van der Waals surface area contributed by atoms with Crippen molar-refractivity contribution in [3.8, 4) is 11.3 Å². The second-order valence-corrected chi connectivity index (χ2v) is 8.20. The molecule has 0 radical (unpaired) electrons. The third-order valence-corrected chi connectivity index (χ3v) is 5.72. The van der Waals surface area contributed by atoms with Crippen LogP contribution in [0.15, 0.2) is 55.0 Å². The van der Waals surface area contributed by atoms with E-state index in [0.717, 1.165) is 42.2 Å². The highest BCUT2D eigenvalue weighted by Gasteiger charge is 2.14. The van der Waals surface area contributed by atoms with Gasteiger partial charge in [-0.3, -0.25) is 19.5 Å². The van der Waals surface area contributed by atoms with Gasteiger partial charge in [0.15, 0.2) is 0 Å². The van der Waals surface area contributed by atoms with Crippen molar-refractivity contribution in [1.82, 2.24) is 24.6 Å². The van der Waals surface area contributed by atoms with Crippen LogP contribution in [-0.2, 0) is 6.67 Å². The molecule has 1 aromatic carbocycles. The summed E-state index contributed by atoms with van der Waals surface area (Å²) < 4.78 is 16.2. The Morgan fingerprint density at radius 1 is 1.00 bits per heavy atom. The molecule has 1 fully saturated rings. The van der Waals surface area contributed by atoms with Gasteiger partial charge in [-0.1, -0.05) is 18.0 Å². The highest BCUT2D eigenvalue weighted by Crippen LogP contribution is 2.29. The molecule has 1 N–H and O–H groups in total. The smallest absolute Gasteiger partial charge is 0.134 e. The number of benzene rings is 1. The molecule has 0 saturated carbocycles. The molecule has 0 unspecified atom stereocenters. The van der Waals surface area contributed by atoms with E-state index in [1.165, 1.54) is 31.4 Å². The van der Waals surface area contributed by atoms with Crippen molar-refractivity contribution in [2.75, 3.05) is 18.4 Å². The van der Waals surface area contributed by atoms with Crippen LogP contribution in [0.3, 0.4) is 0 Å². The van der Waals surface area contributed by atoms with Crippen molar-refractivity contribution in [3.63, 3.8) is 0 Å². The van der Waals surface area contributed by atoms with Gasteiger partial charge < -0.3 is 5.32 Å². The van der Waals surface area contributed by atoms with Crippen LogP contribution < -0.4 is 5.32 Å². The van der Waals surface area contributed by atoms with Gasteiger partial charge in [0.25, 0.3) is 0 Å². The number of nitrogens with zero attached hydrogens (tertiary/aromatic N) is 5. The van der Waals surface area contributed by atoms with Crippen molar-refractivity contribution in [3.05, 3.63) is 65.8 Å². The normalized spacial score (nSPS) is 14.8. The Bertz CT molecular complexity index is 1220. The van der Waals surface area contributed by atoms with Gasteiger partial charge in [-0.2, -0.15) is 5.10 Å². The highest BCUT2D eigenvalue weighted by atomic mass is 35.5. The van der Waals surface area contributed by atoms with Gasteiger partial charge in [-0.15, -0.1) is 0 Å². The lowest BCUT2D eigenvalue weighted by Crippen LogP contribution is -2.31. The number of pyridine rings is 2. The quantitative estimate of drug-likeness (QED) is 0.449. The Balaban J connectivity index is 1.42. The molecule has 4 aromatic rings. The largest absolute Gasteiger partial charge is 0.353 e. The second-order valence-electron chi connectivity index (χ2n) is 7.76. The molecule has 4 heterocycles. The van der Waals surface area contributed by atoms with E-state index in [-0.39, 0.29) is 5.82 Å². The van der Waals surface area contributed by atoms with Gasteiger partial charge in [0.05, 0.1) is 24.2 Å². The molecule has 0 atom stereocenters. The van der Waals surface area contributed by atoms with Crippen LogP contribution in [-0.4, -0.2) is 37.7 Å². The maximum absolute atomic E-state index is 14.3. The average molecular weight is 437 g/mol. The molecule has 0 aliphatic carbocycles. The van der Waals surface area contributed by atoms with Crippen molar-refractivity contribution in [2.24, 2.45) is 0 Å². The Hall–Kier alpha value is -3.03. The molecule has 8 heteroatoms. The summed E-state index contributed by atoms with van der Waals surface area (Å²) in [5.74, 6) is -0.364. The van der Waals surface area contributed by atoms with Gasteiger partial charge in [0, 0.05) is 28.7 Å². The molecule has 0 amide bonds. The van der Waals surface area contributed by atoms with Crippen LogP contribution in [0.1, 0.15) is 19.3 Å². The molecule has 6 nitrogen and oxygen atoms in total. The molecule has 31 heavy (non-hydrogen) atoms. The summed E-state index contributed by atoms with van der Waals surface area (Å²) in [5, 5.41) is 8.61. The Labute approximate surface area is 184 Å². The van der Waals surface area contributed by atoms with Crippen LogP contribution >= 0.6 is 11.6 Å². The molecule has 1 saturated heterocycles. The maximum Gasteiger partial charge on any atom is 0.134 e. The first-order valence-electron chi connectivity index (χ1n) is 10.4. The summed E-state index contributed by atoms with van der Waals surface area (Å²) in [7, 11) is 0. The fourth-order valence-electron chi connectivity index (χ4n) is 3.95. The molecular weight excluding hydrogens is 415 g/mol. The van der Waals surface area contributed by atoms with Gasteiger partial charge >= 0.3 is 0 Å². The number of rotatable bonds is 5. The number of halogens is 2. The van der Waals surface area contributed by atoms with Crippen molar-refractivity contribution < 1.29 is 4.39 Å². The lowest BCUT2D eigenvalue weighted by atomic mass is 10.1. The number of aromatic nitrogens is 4. The fraction of sp³-hybridized carbons (Fsp3) is 0.261. The molecule has 1 aliphatic rings. The van der Waals surface area contributed by atoms with E-state index < -0.39 is 0 Å². The minimum Gasteiger partial charge on any atom is -0.353 e. The summed E-state index contributed by atoms with van der Waals surface area (Å²) >= 11 is 6.04. The first kappa shape index (κ1) is 19.9. The molecule has 3 aromatic heterocycles. The molecule has 158 valence electrons. The minimum absolute atomic E-state index is 0.363. The molecule has 0 spiro atoms. The summed E-state index contributed by atoms with van der Waals surface area (Å²) in [6.45, 7) is 2.98. The molecule has 1 aliphatic heterocycles. The zero-order valence-electron chi connectivity index (χ0n) is 16.9. The first-order valence-corrected chi connectivity index (χ1v) is 10.8. The number of anilines is 2. The summed E-state index contributed by atoms with van der Waals surface area (Å²) in [6.07, 6.45) is 9.17. The summed E-state index contributed by atoms with van der Waals surface area (Å²) in [4.78, 5) is 11.2. The van der Waals surface area contributed by atoms with Crippen molar-refractivity contribution >= 4 is 34.0 Å². The third kappa shape index (κ3) is 4.38. The van der Waals surface area contributed by atoms with E-state index in [1.807, 2.05) is 23.0 Å². The lowest BCUT2D eigenvalue weighted by molar-refractivity contribution is 0.174. The zero-order chi connectivity index (χ0) is 21.2. The Morgan fingerprint density at radius 2 is 1.84 bits per heavy atom. The molecule has 0 bridgehead atoms. The number of hydrogen-bond acceptors (Lipinski definition) is 5. The van der Waals surface area contributed by atoms with Crippen LogP contribution in [0.25, 0.3) is 22.3 Å². The average Bonchev–Trinajstić information content (AvgIpc) is 3.20. The first-order chi connectivity index (χ1) is 15.2. The SMILES string of the molecule is Fc1ccc(Cl)cc1-c1cc(Nc2ccnc3cn(CN4CCCCC4)nc23)ccn1. The van der Waals surface area contributed by atoms with Crippen molar-refractivity contribution in [2.45, 2.75) is 25.9 Å². The fourth-order valence-corrected chi connectivity index (χ4v) is 4.12. The van der Waals surface area contributed by atoms with Gasteiger partial charge in [-0.05, 0) is 62.3 Å². The highest BCUT2D eigenvalue weighted by molar-refractivity contribution is 6.30. The topological polar surface area (TPSA) is 58.9 Å². The second kappa shape index (κ2) is 8.61. The third-order valence-electron chi connectivity index (χ3n) is 5.49. The standard InChI is InChI=1S/C23H22ClFN6/c24-16-4-5-19(25)18(12-16)21-13-17(6-8-26-21)28-20-7-9-27-22-14-31(29-23(20)22)15-30-10-2-1-3-11-30/h4-9,12-14H,1-3,10-11,15H2,(H,26,28). The summed E-state index contributed by atoms with van der Waals surface area (Å²) in [5.41, 5.74) is 4.12. The predicted molar refractivity (Wildman–Crippen MR) is 121 cm³/mol. The Morgan fingerprint density at radius 3 is 2.71 bits per heavy atom. The maximum atomic E-state index is 14.3. The Kier molecular flexibility index (Phi) is 5.53. The van der Waals surface area contributed by atoms with E-state index in [1.54, 1.807) is 24.5 Å². The van der Waals surface area contributed by atoms with Crippen LogP contribution in [0, 0.1) is 5.82 Å². The molecular formula is C23H22ClFN6. The summed E-state index contributed by atoms with van der Waals surface area (Å²) in [6, 6.07) is 9.97. The van der Waals surface area contributed by atoms with E-state index >= 15 is 0 Å². The van der Waals surface area contributed by atoms with Gasteiger partial charge in [-0.25, -0.2) is 4.39 Å². The van der Waals surface area contributed by atoms with E-state index in [0.29, 0.717) is 16.3 Å². The number of fused-ring (bicyclic) bond motifs is 1. The van der Waals surface area contributed by atoms with Gasteiger partial charge in [0.1, 0.15) is 16.9 Å². The van der Waals surface area contributed by atoms with E-state index in [9.17, 15) is 4.39 Å². The van der Waals surface area contributed by atoms with Gasteiger partial charge in [0.2, 0.25) is 0 Å². The van der Waals surface area contributed by atoms with E-state index in [2.05, 4.69) is 20.2 Å².